The zero-order valence-corrected chi connectivity index (χ0v) is 10.2. The molecular weight excluding hydrogens is 282 g/mol. The Morgan fingerprint density at radius 3 is 3.00 bits per heavy atom. The fourth-order valence-corrected chi connectivity index (χ4v) is 2.38. The smallest absolute Gasteiger partial charge is 0.307 e. The third kappa shape index (κ3) is 1.17. The van der Waals surface area contributed by atoms with Gasteiger partial charge in [0.1, 0.15) is 4.60 Å². The van der Waals surface area contributed by atoms with E-state index in [0.717, 1.165) is 26.7 Å². The summed E-state index contributed by atoms with van der Waals surface area (Å²) in [5.74, 6) is 0.598. The maximum Gasteiger partial charge on any atom is 0.307 e. The molecule has 0 amide bonds. The van der Waals surface area contributed by atoms with Crippen LogP contribution in [0.4, 0.5) is 0 Å². The number of pyridine rings is 1. The monoisotopic (exact) mass is 287 g/mol. The topological polar surface area (TPSA) is 43.3 Å². The Balaban J connectivity index is 2.33. The van der Waals surface area contributed by atoms with Gasteiger partial charge in [-0.2, -0.15) is 4.98 Å². The molecule has 0 saturated heterocycles. The zero-order valence-electron chi connectivity index (χ0n) is 8.59. The van der Waals surface area contributed by atoms with Crippen molar-refractivity contribution in [2.24, 2.45) is 0 Å². The SMILES string of the molecule is Brc1cc2c(cn1)oc1nc3ccccc3n12. The first-order chi connectivity index (χ1) is 8.33. The number of nitrogens with zero attached hydrogens (tertiary/aromatic N) is 3. The molecule has 0 aliphatic carbocycles. The predicted octanol–water partition coefficient (Wildman–Crippen LogP) is 3.39. The van der Waals surface area contributed by atoms with Crippen LogP contribution in [0.25, 0.3) is 28.0 Å². The lowest BCUT2D eigenvalue weighted by Crippen LogP contribution is -1.81. The van der Waals surface area contributed by atoms with Gasteiger partial charge in [-0.25, -0.2) is 4.98 Å². The number of hydrogen-bond acceptors (Lipinski definition) is 3. The Hall–Kier alpha value is -1.88. The van der Waals surface area contributed by atoms with Gasteiger partial charge in [0.15, 0.2) is 5.58 Å². The normalized spacial score (nSPS) is 11.8. The number of aromatic nitrogens is 3. The van der Waals surface area contributed by atoms with E-state index in [2.05, 4.69) is 25.9 Å². The quantitative estimate of drug-likeness (QED) is 0.466. The second kappa shape index (κ2) is 3.07. The number of para-hydroxylation sites is 2. The van der Waals surface area contributed by atoms with Crippen LogP contribution in [0.2, 0.25) is 0 Å². The van der Waals surface area contributed by atoms with Gasteiger partial charge >= 0.3 is 5.84 Å². The van der Waals surface area contributed by atoms with Crippen molar-refractivity contribution in [3.05, 3.63) is 41.1 Å². The number of rotatable bonds is 0. The van der Waals surface area contributed by atoms with Crippen molar-refractivity contribution < 1.29 is 4.42 Å². The second-order valence-corrected chi connectivity index (χ2v) is 4.61. The van der Waals surface area contributed by atoms with Crippen molar-refractivity contribution >= 4 is 43.9 Å². The van der Waals surface area contributed by atoms with Crippen LogP contribution < -0.4 is 0 Å². The summed E-state index contributed by atoms with van der Waals surface area (Å²) in [7, 11) is 0. The van der Waals surface area contributed by atoms with E-state index in [1.807, 2.05) is 34.7 Å². The minimum atomic E-state index is 0.598. The van der Waals surface area contributed by atoms with Crippen molar-refractivity contribution in [2.75, 3.05) is 0 Å². The fraction of sp³-hybridized carbons (Fsp3) is 0. The second-order valence-electron chi connectivity index (χ2n) is 3.80. The Labute approximate surface area is 104 Å². The average Bonchev–Trinajstić information content (AvgIpc) is 2.84. The first kappa shape index (κ1) is 9.18. The Morgan fingerprint density at radius 2 is 2.06 bits per heavy atom. The van der Waals surface area contributed by atoms with E-state index < -0.39 is 0 Å². The minimum Gasteiger partial charge on any atom is -0.421 e. The molecule has 0 fully saturated rings. The molecule has 1 aromatic carbocycles. The molecule has 0 radical (unpaired) electrons. The largest absolute Gasteiger partial charge is 0.421 e. The van der Waals surface area contributed by atoms with Gasteiger partial charge in [0.05, 0.1) is 22.7 Å². The van der Waals surface area contributed by atoms with Crippen LogP contribution in [-0.4, -0.2) is 14.4 Å². The van der Waals surface area contributed by atoms with Gasteiger partial charge in [0, 0.05) is 0 Å². The van der Waals surface area contributed by atoms with Gasteiger partial charge < -0.3 is 4.42 Å². The molecule has 0 unspecified atom stereocenters. The standard InChI is InChI=1S/C12H6BrN3O/c13-11-5-9-10(6-14-11)17-12-15-7-3-1-2-4-8(7)16(9)12/h1-6H. The highest BCUT2D eigenvalue weighted by atomic mass is 79.9. The van der Waals surface area contributed by atoms with Crippen molar-refractivity contribution in [2.45, 2.75) is 0 Å². The summed E-state index contributed by atoms with van der Waals surface area (Å²) in [5, 5.41) is 0. The summed E-state index contributed by atoms with van der Waals surface area (Å²) in [6, 6.07) is 9.89. The van der Waals surface area contributed by atoms with Crippen LogP contribution in [0.1, 0.15) is 0 Å². The van der Waals surface area contributed by atoms with Crippen LogP contribution in [0.3, 0.4) is 0 Å². The lowest BCUT2D eigenvalue weighted by atomic mass is 10.3. The van der Waals surface area contributed by atoms with E-state index in [-0.39, 0.29) is 0 Å². The molecular formula is C12H6BrN3O. The molecule has 4 rings (SSSR count). The van der Waals surface area contributed by atoms with E-state index >= 15 is 0 Å². The van der Waals surface area contributed by atoms with Crippen LogP contribution in [-0.2, 0) is 0 Å². The summed E-state index contributed by atoms with van der Waals surface area (Å²) < 4.78 is 8.44. The maximum atomic E-state index is 5.66. The average molecular weight is 288 g/mol. The van der Waals surface area contributed by atoms with E-state index in [0.29, 0.717) is 5.84 Å². The summed E-state index contributed by atoms with van der Waals surface area (Å²) in [5.41, 5.74) is 3.68. The lowest BCUT2D eigenvalue weighted by Gasteiger charge is -1.92. The number of halogens is 1. The number of benzene rings is 1. The Morgan fingerprint density at radius 1 is 1.18 bits per heavy atom. The predicted molar refractivity (Wildman–Crippen MR) is 68.0 cm³/mol. The molecule has 3 heterocycles. The van der Waals surface area contributed by atoms with E-state index in [4.69, 9.17) is 4.42 Å². The highest BCUT2D eigenvalue weighted by Crippen LogP contribution is 2.26. The van der Waals surface area contributed by atoms with E-state index in [1.54, 1.807) is 6.20 Å². The molecule has 0 atom stereocenters. The highest BCUT2D eigenvalue weighted by molar-refractivity contribution is 9.10. The molecule has 82 valence electrons. The highest BCUT2D eigenvalue weighted by Gasteiger charge is 2.12. The zero-order chi connectivity index (χ0) is 11.4. The van der Waals surface area contributed by atoms with Gasteiger partial charge in [0.25, 0.3) is 0 Å². The molecule has 5 heteroatoms. The number of hydrogen-bond donors (Lipinski definition) is 0. The van der Waals surface area contributed by atoms with Gasteiger partial charge in [0.2, 0.25) is 0 Å². The molecule has 0 bridgehead atoms. The van der Waals surface area contributed by atoms with Crippen molar-refractivity contribution in [1.29, 1.82) is 0 Å². The number of oxazole rings is 1. The number of imidazole rings is 1. The van der Waals surface area contributed by atoms with Crippen LogP contribution in [0.5, 0.6) is 0 Å². The molecule has 0 aliphatic rings. The van der Waals surface area contributed by atoms with Gasteiger partial charge in [-0.3, -0.25) is 4.40 Å². The van der Waals surface area contributed by atoms with Crippen LogP contribution in [0.15, 0.2) is 45.5 Å². The summed E-state index contributed by atoms with van der Waals surface area (Å²) in [6.07, 6.45) is 1.70. The third-order valence-electron chi connectivity index (χ3n) is 2.79. The molecule has 17 heavy (non-hydrogen) atoms. The summed E-state index contributed by atoms with van der Waals surface area (Å²) in [6.45, 7) is 0. The van der Waals surface area contributed by atoms with E-state index in [1.165, 1.54) is 0 Å². The van der Waals surface area contributed by atoms with Crippen molar-refractivity contribution in [3.8, 4) is 0 Å². The lowest BCUT2D eigenvalue weighted by molar-refractivity contribution is 0.641. The molecule has 0 saturated carbocycles. The summed E-state index contributed by atoms with van der Waals surface area (Å²) >= 11 is 3.37. The molecule has 4 nitrogen and oxygen atoms in total. The van der Waals surface area contributed by atoms with Gasteiger partial charge in [-0.05, 0) is 34.1 Å². The van der Waals surface area contributed by atoms with Crippen LogP contribution >= 0.6 is 15.9 Å². The Kier molecular flexibility index (Phi) is 1.66. The molecule has 0 aliphatic heterocycles. The first-order valence-corrected chi connectivity index (χ1v) is 5.93. The number of fused-ring (bicyclic) bond motifs is 5. The van der Waals surface area contributed by atoms with E-state index in [9.17, 15) is 0 Å². The first-order valence-electron chi connectivity index (χ1n) is 5.14. The van der Waals surface area contributed by atoms with Gasteiger partial charge in [-0.15, -0.1) is 0 Å². The van der Waals surface area contributed by atoms with Crippen molar-refractivity contribution in [1.82, 2.24) is 14.4 Å². The molecule has 4 aromatic rings. The minimum absolute atomic E-state index is 0.598. The summed E-state index contributed by atoms with van der Waals surface area (Å²) in [4.78, 5) is 8.58. The maximum absolute atomic E-state index is 5.66. The Bertz CT molecular complexity index is 862. The van der Waals surface area contributed by atoms with Gasteiger partial charge in [-0.1, -0.05) is 12.1 Å². The molecule has 3 aromatic heterocycles. The van der Waals surface area contributed by atoms with Crippen molar-refractivity contribution in [3.63, 3.8) is 0 Å². The fourth-order valence-electron chi connectivity index (χ4n) is 2.06. The molecule has 0 N–H and O–H groups in total. The van der Waals surface area contributed by atoms with Crippen LogP contribution in [0, 0.1) is 0 Å². The molecule has 0 spiro atoms. The third-order valence-corrected chi connectivity index (χ3v) is 3.22.